The predicted octanol–water partition coefficient (Wildman–Crippen LogP) is 3.87. The number of hydrogen-bond donors (Lipinski definition) is 3. The summed E-state index contributed by atoms with van der Waals surface area (Å²) in [6.07, 6.45) is 2.58. The Morgan fingerprint density at radius 1 is 1.17 bits per heavy atom. The molecule has 2 aromatic rings. The zero-order valence-corrected chi connectivity index (χ0v) is 20.5. The molecule has 3 N–H and O–H groups in total. The summed E-state index contributed by atoms with van der Waals surface area (Å²) >= 11 is 0. The lowest BCUT2D eigenvalue weighted by atomic mass is 10.1. The summed E-state index contributed by atoms with van der Waals surface area (Å²) in [6.45, 7) is 10.5. The van der Waals surface area contributed by atoms with Crippen molar-refractivity contribution in [1.82, 2.24) is 16.0 Å². The number of halogens is 1. The Kier molecular flexibility index (Phi) is 12.0. The van der Waals surface area contributed by atoms with E-state index in [-0.39, 0.29) is 36.0 Å². The van der Waals surface area contributed by atoms with Gasteiger partial charge in [-0.2, -0.15) is 0 Å². The third kappa shape index (κ3) is 8.64. The molecule has 0 aliphatic rings. The number of furan rings is 1. The van der Waals surface area contributed by atoms with E-state index in [9.17, 15) is 4.79 Å². The van der Waals surface area contributed by atoms with Crippen LogP contribution in [0.15, 0.2) is 46.0 Å². The third-order valence-corrected chi connectivity index (χ3v) is 4.33. The number of nitrogens with zero attached hydrogens (tertiary/aromatic N) is 1. The van der Waals surface area contributed by atoms with Gasteiger partial charge in [-0.15, -0.1) is 24.0 Å². The first-order chi connectivity index (χ1) is 14.0. The zero-order chi connectivity index (χ0) is 21.1. The second kappa shape index (κ2) is 13.9. The number of benzene rings is 1. The lowest BCUT2D eigenvalue weighted by molar-refractivity contribution is 0.0926. The number of aryl methyl sites for hydroxylation is 1. The maximum absolute atomic E-state index is 11.9. The predicted molar refractivity (Wildman–Crippen MR) is 131 cm³/mol. The summed E-state index contributed by atoms with van der Waals surface area (Å²) in [6, 6.07) is 9.51. The molecule has 1 atom stereocenters. The summed E-state index contributed by atoms with van der Waals surface area (Å²) in [5.74, 6) is 1.64. The largest absolute Gasteiger partial charge is 0.490 e. The molecule has 7 nitrogen and oxygen atoms in total. The minimum atomic E-state index is -0.231. The van der Waals surface area contributed by atoms with Crippen molar-refractivity contribution in [1.29, 1.82) is 0 Å². The molecule has 0 bridgehead atoms. The molecule has 1 amide bonds. The van der Waals surface area contributed by atoms with Crippen LogP contribution < -0.4 is 20.7 Å². The van der Waals surface area contributed by atoms with Gasteiger partial charge in [-0.25, -0.2) is 4.99 Å². The lowest BCUT2D eigenvalue weighted by Gasteiger charge is -2.17. The second-order valence-electron chi connectivity index (χ2n) is 6.80. The van der Waals surface area contributed by atoms with Gasteiger partial charge in [-0.05, 0) is 51.0 Å². The number of amides is 1. The van der Waals surface area contributed by atoms with Gasteiger partial charge < -0.3 is 25.1 Å². The molecule has 0 fully saturated rings. The highest BCUT2D eigenvalue weighted by Crippen LogP contribution is 2.23. The number of carbonyl (C=O) groups excluding carboxylic acids is 1. The van der Waals surface area contributed by atoms with Crippen LogP contribution in [0.4, 0.5) is 0 Å². The number of rotatable bonds is 10. The van der Waals surface area contributed by atoms with Crippen molar-refractivity contribution in [2.75, 3.05) is 19.6 Å². The first-order valence-corrected chi connectivity index (χ1v) is 10.1. The number of nitrogens with one attached hydrogen (secondary N) is 3. The monoisotopic (exact) mass is 528 g/mol. The van der Waals surface area contributed by atoms with Crippen molar-refractivity contribution in [3.05, 3.63) is 53.5 Å². The van der Waals surface area contributed by atoms with Crippen LogP contribution in [0, 0.1) is 6.92 Å². The first kappa shape index (κ1) is 25.8. The van der Waals surface area contributed by atoms with Gasteiger partial charge in [0.2, 0.25) is 0 Å². The highest BCUT2D eigenvalue weighted by Gasteiger charge is 2.09. The fraction of sp³-hybridized carbons (Fsp3) is 0.455. The van der Waals surface area contributed by atoms with E-state index in [0.717, 1.165) is 29.8 Å². The Balaban J connectivity index is 0.00000450. The normalized spacial score (nSPS) is 11.9. The summed E-state index contributed by atoms with van der Waals surface area (Å²) in [5, 5.41) is 9.25. The molecule has 1 heterocycles. The zero-order valence-electron chi connectivity index (χ0n) is 18.2. The molecule has 0 radical (unpaired) electrons. The van der Waals surface area contributed by atoms with Gasteiger partial charge in [-0.1, -0.05) is 19.1 Å². The van der Waals surface area contributed by atoms with Crippen molar-refractivity contribution in [2.45, 2.75) is 46.8 Å². The lowest BCUT2D eigenvalue weighted by Crippen LogP contribution is -2.41. The molecule has 166 valence electrons. The average Bonchev–Trinajstić information content (AvgIpc) is 3.25. The number of ether oxygens (including phenoxy) is 1. The van der Waals surface area contributed by atoms with Gasteiger partial charge in [0.25, 0.3) is 5.91 Å². The van der Waals surface area contributed by atoms with Crippen LogP contribution in [0.5, 0.6) is 5.75 Å². The van der Waals surface area contributed by atoms with Crippen LogP contribution in [0.25, 0.3) is 0 Å². The van der Waals surface area contributed by atoms with Gasteiger partial charge >= 0.3 is 0 Å². The van der Waals surface area contributed by atoms with Crippen molar-refractivity contribution < 1.29 is 13.9 Å². The number of carbonyl (C=O) groups is 1. The van der Waals surface area contributed by atoms with E-state index >= 15 is 0 Å². The number of aliphatic imine (C=N–C) groups is 1. The molecule has 0 saturated heterocycles. The minimum absolute atomic E-state index is 0. The minimum Gasteiger partial charge on any atom is -0.490 e. The van der Waals surface area contributed by atoms with Crippen LogP contribution in [-0.4, -0.2) is 37.6 Å². The van der Waals surface area contributed by atoms with Crippen LogP contribution in [0.2, 0.25) is 0 Å². The molecule has 1 unspecified atom stereocenters. The highest BCUT2D eigenvalue weighted by atomic mass is 127. The van der Waals surface area contributed by atoms with Crippen LogP contribution >= 0.6 is 24.0 Å². The van der Waals surface area contributed by atoms with Crippen molar-refractivity contribution in [3.63, 3.8) is 0 Å². The Labute approximate surface area is 196 Å². The van der Waals surface area contributed by atoms with E-state index in [1.54, 1.807) is 12.1 Å². The molecule has 2 rings (SSSR count). The molecule has 0 aliphatic heterocycles. The molecule has 1 aromatic carbocycles. The van der Waals surface area contributed by atoms with Gasteiger partial charge in [0.15, 0.2) is 11.7 Å². The first-order valence-electron chi connectivity index (χ1n) is 10.1. The molecule has 0 aliphatic carbocycles. The van der Waals surface area contributed by atoms with E-state index in [2.05, 4.69) is 59.9 Å². The maximum atomic E-state index is 11.9. The van der Waals surface area contributed by atoms with Gasteiger partial charge in [0.1, 0.15) is 5.75 Å². The molecule has 0 saturated carbocycles. The molecule has 30 heavy (non-hydrogen) atoms. The summed E-state index contributed by atoms with van der Waals surface area (Å²) < 4.78 is 11.1. The van der Waals surface area contributed by atoms with Gasteiger partial charge in [0.05, 0.1) is 18.9 Å². The fourth-order valence-electron chi connectivity index (χ4n) is 2.56. The standard InChI is InChI=1S/C22H32N4O3.HI/c1-5-17(4)29-20-14-16(3)9-10-18(20)15-26-22(23-6-2)25-12-11-24-21(27)19-8-7-13-28-19;/h7-10,13-14,17H,5-6,11-12,15H2,1-4H3,(H,24,27)(H2,23,25,26);1H. The topological polar surface area (TPSA) is 87.9 Å². The molecular weight excluding hydrogens is 495 g/mol. The molecule has 8 heteroatoms. The van der Waals surface area contributed by atoms with Crippen LogP contribution in [0.1, 0.15) is 48.9 Å². The van der Waals surface area contributed by atoms with Crippen molar-refractivity contribution in [3.8, 4) is 5.75 Å². The highest BCUT2D eigenvalue weighted by molar-refractivity contribution is 14.0. The maximum Gasteiger partial charge on any atom is 0.287 e. The van der Waals surface area contributed by atoms with E-state index in [4.69, 9.17) is 9.15 Å². The Morgan fingerprint density at radius 2 is 1.93 bits per heavy atom. The Morgan fingerprint density at radius 3 is 2.60 bits per heavy atom. The number of hydrogen-bond acceptors (Lipinski definition) is 4. The Bertz CT molecular complexity index is 794. The second-order valence-corrected chi connectivity index (χ2v) is 6.80. The van der Waals surface area contributed by atoms with E-state index in [1.807, 2.05) is 6.92 Å². The number of guanidine groups is 1. The average molecular weight is 528 g/mol. The van der Waals surface area contributed by atoms with Crippen LogP contribution in [-0.2, 0) is 6.54 Å². The third-order valence-electron chi connectivity index (χ3n) is 4.33. The molecule has 1 aromatic heterocycles. The van der Waals surface area contributed by atoms with Gasteiger partial charge in [0, 0.05) is 25.2 Å². The molecular formula is C22H33IN4O3. The van der Waals surface area contributed by atoms with E-state index in [1.165, 1.54) is 6.26 Å². The SMILES string of the molecule is CCNC(=NCc1ccc(C)cc1OC(C)CC)NCCNC(=O)c1ccco1.I. The van der Waals surface area contributed by atoms with E-state index < -0.39 is 0 Å². The smallest absolute Gasteiger partial charge is 0.287 e. The summed E-state index contributed by atoms with van der Waals surface area (Å²) in [4.78, 5) is 16.5. The summed E-state index contributed by atoms with van der Waals surface area (Å²) in [5.41, 5.74) is 2.20. The van der Waals surface area contributed by atoms with Gasteiger partial charge in [-0.3, -0.25) is 4.79 Å². The summed E-state index contributed by atoms with van der Waals surface area (Å²) in [7, 11) is 0. The quantitative estimate of drug-likeness (QED) is 0.189. The molecule has 0 spiro atoms. The van der Waals surface area contributed by atoms with Crippen molar-refractivity contribution >= 4 is 35.8 Å². The van der Waals surface area contributed by atoms with E-state index in [0.29, 0.717) is 31.4 Å². The van der Waals surface area contributed by atoms with Crippen LogP contribution in [0.3, 0.4) is 0 Å². The van der Waals surface area contributed by atoms with Crippen molar-refractivity contribution in [2.24, 2.45) is 4.99 Å². The fourth-order valence-corrected chi connectivity index (χ4v) is 2.56. The Hall–Kier alpha value is -2.23.